The monoisotopic (exact) mass is 754 g/mol. The minimum absolute atomic E-state index is 0.0699. The van der Waals surface area contributed by atoms with Crippen molar-refractivity contribution in [3.8, 4) is 9.75 Å². The van der Waals surface area contributed by atoms with E-state index < -0.39 is 0 Å². The molecule has 0 fully saturated rings. The van der Waals surface area contributed by atoms with Crippen molar-refractivity contribution < 1.29 is 9.59 Å². The Hall–Kier alpha value is -3.17. The van der Waals surface area contributed by atoms with Crippen molar-refractivity contribution in [2.75, 3.05) is 29.1 Å². The average Bonchev–Trinajstić information content (AvgIpc) is 3.98. The quantitative estimate of drug-likeness (QED) is 0.0666. The van der Waals surface area contributed by atoms with Crippen LogP contribution in [0.25, 0.3) is 25.8 Å². The zero-order valence-corrected chi connectivity index (χ0v) is 33.6. The van der Waals surface area contributed by atoms with Gasteiger partial charge in [-0.1, -0.05) is 96.8 Å². The Balaban J connectivity index is 1.46. The number of thiophene rings is 3. The minimum Gasteiger partial charge on any atom is -0.308 e. The third-order valence-electron chi connectivity index (χ3n) is 9.82. The summed E-state index contributed by atoms with van der Waals surface area (Å²) >= 11 is 6.76. The van der Waals surface area contributed by atoms with Crippen LogP contribution in [-0.4, -0.2) is 31.2 Å². The number of carbonyl (C=O) groups excluding carboxylic acids is 2. The van der Waals surface area contributed by atoms with E-state index in [0.717, 1.165) is 78.2 Å². The van der Waals surface area contributed by atoms with E-state index in [1.54, 1.807) is 45.8 Å². The maximum Gasteiger partial charge on any atom is 0.260 e. The Morgan fingerprint density at radius 3 is 1.75 bits per heavy atom. The number of unbranched alkanes of at least 4 members (excludes halogenated alkanes) is 10. The number of amides is 2. The summed E-state index contributed by atoms with van der Waals surface area (Å²) in [5, 5.41) is 4.00. The maximum absolute atomic E-state index is 14.5. The molecule has 0 unspecified atom stereocenters. The van der Waals surface area contributed by atoms with E-state index in [4.69, 9.17) is 0 Å². The van der Waals surface area contributed by atoms with Gasteiger partial charge in [-0.2, -0.15) is 0 Å². The van der Waals surface area contributed by atoms with Gasteiger partial charge >= 0.3 is 0 Å². The normalized spacial score (nSPS) is 14.3. The van der Waals surface area contributed by atoms with Crippen molar-refractivity contribution >= 4 is 85.0 Å². The van der Waals surface area contributed by atoms with Crippen molar-refractivity contribution in [3.63, 3.8) is 0 Å². The fourth-order valence-corrected chi connectivity index (χ4v) is 10.9. The molecule has 0 bridgehead atoms. The van der Waals surface area contributed by atoms with Crippen LogP contribution in [0.5, 0.6) is 0 Å². The molecule has 8 heteroatoms. The van der Waals surface area contributed by atoms with Gasteiger partial charge in [0.1, 0.15) is 0 Å². The molecule has 2 amide bonds. The second kappa shape index (κ2) is 18.0. The average molecular weight is 755 g/mol. The number of fused-ring (bicyclic) bond motifs is 2. The number of carbonyl (C=O) groups is 2. The summed E-state index contributed by atoms with van der Waals surface area (Å²) in [7, 11) is 0. The molecule has 0 N–H and O–H groups in total. The highest BCUT2D eigenvalue weighted by atomic mass is 32.2. The Labute approximate surface area is 320 Å². The molecule has 0 spiro atoms. The largest absolute Gasteiger partial charge is 0.308 e. The van der Waals surface area contributed by atoms with Gasteiger partial charge in [0.2, 0.25) is 0 Å². The van der Waals surface area contributed by atoms with Crippen LogP contribution in [0.15, 0.2) is 72.6 Å². The molecular weight excluding hydrogens is 705 g/mol. The summed E-state index contributed by atoms with van der Waals surface area (Å²) in [5.74, 6) is 0.148. The molecule has 0 atom stereocenters. The third kappa shape index (κ3) is 8.25. The van der Waals surface area contributed by atoms with Gasteiger partial charge in [-0.15, -0.1) is 45.8 Å². The molecule has 0 radical (unpaired) electrons. The maximum atomic E-state index is 14.5. The first-order valence-corrected chi connectivity index (χ1v) is 22.4. The van der Waals surface area contributed by atoms with Gasteiger partial charge in [0.25, 0.3) is 11.8 Å². The van der Waals surface area contributed by atoms with Crippen molar-refractivity contribution in [1.29, 1.82) is 0 Å². The summed E-state index contributed by atoms with van der Waals surface area (Å²) in [6.07, 6.45) is 19.9. The van der Waals surface area contributed by atoms with Gasteiger partial charge in [-0.05, 0) is 73.0 Å². The molecule has 51 heavy (non-hydrogen) atoms. The first-order valence-electron chi connectivity index (χ1n) is 18.7. The standard InChI is InChI=1S/C43H50N2O2S4/c1-5-8-10-12-14-16-25-44-32-29-31-33(28-30(32)40(42(44)46)38-23-21-36(50-38)34(48-4)19-7-3)45(26-17-15-13-11-9-6-2)43(47)41(31)39-24-22-37(51-39)35-20-18-27-49-35/h7,18-24,27-29H,3,5-6,8-17,25-26H2,1-2,4H3/b34-19-. The molecular formula is C43H50N2O2S4. The zero-order valence-electron chi connectivity index (χ0n) is 30.3. The van der Waals surface area contributed by atoms with Crippen molar-refractivity contribution in [2.24, 2.45) is 0 Å². The van der Waals surface area contributed by atoms with Crippen LogP contribution < -0.4 is 20.2 Å². The lowest BCUT2D eigenvalue weighted by molar-refractivity contribution is -0.113. The van der Waals surface area contributed by atoms with E-state index in [0.29, 0.717) is 13.1 Å². The van der Waals surface area contributed by atoms with Crippen LogP contribution in [0, 0.1) is 0 Å². The summed E-state index contributed by atoms with van der Waals surface area (Å²) in [6.45, 7) is 9.75. The summed E-state index contributed by atoms with van der Waals surface area (Å²) < 4.78 is 0. The Morgan fingerprint density at radius 1 is 0.686 bits per heavy atom. The summed E-state index contributed by atoms with van der Waals surface area (Å²) in [4.78, 5) is 39.7. The number of rotatable bonds is 20. The molecule has 3 aromatic heterocycles. The predicted octanol–water partition coefficient (Wildman–Crippen LogP) is 11.2. The molecule has 268 valence electrons. The van der Waals surface area contributed by atoms with Crippen molar-refractivity contribution in [2.45, 2.75) is 90.9 Å². The first-order chi connectivity index (χ1) is 25.0. The number of hydrogen-bond acceptors (Lipinski definition) is 6. The molecule has 1 aromatic carbocycles. The number of hydrogen-bond donors (Lipinski definition) is 0. The molecule has 5 heterocycles. The molecule has 0 saturated carbocycles. The van der Waals surface area contributed by atoms with Crippen LogP contribution in [0.4, 0.5) is 11.4 Å². The molecule has 4 aromatic rings. The highest BCUT2D eigenvalue weighted by molar-refractivity contribution is 8.07. The molecule has 0 saturated heterocycles. The number of anilines is 2. The van der Waals surface area contributed by atoms with Gasteiger partial charge in [0.05, 0.1) is 22.5 Å². The fourth-order valence-electron chi connectivity index (χ4n) is 7.15. The molecule has 0 aliphatic carbocycles. The third-order valence-corrected chi connectivity index (χ3v) is 14.1. The van der Waals surface area contributed by atoms with E-state index in [-0.39, 0.29) is 11.8 Å². The minimum atomic E-state index is 0.0699. The van der Waals surface area contributed by atoms with E-state index in [1.807, 2.05) is 22.0 Å². The number of nitrogens with zero attached hydrogens (tertiary/aromatic N) is 2. The molecule has 4 nitrogen and oxygen atoms in total. The second-order valence-corrected chi connectivity index (χ2v) is 17.3. The Bertz CT molecular complexity index is 2000. The van der Waals surface area contributed by atoms with Crippen LogP contribution >= 0.6 is 45.8 Å². The first kappa shape index (κ1) is 37.6. The highest BCUT2D eigenvalue weighted by Gasteiger charge is 2.36. The lowest BCUT2D eigenvalue weighted by atomic mass is 10.1. The van der Waals surface area contributed by atoms with E-state index in [1.165, 1.54) is 61.1 Å². The summed E-state index contributed by atoms with van der Waals surface area (Å²) in [6, 6.07) is 17.0. The lowest BCUT2D eigenvalue weighted by Crippen LogP contribution is -2.31. The predicted molar refractivity (Wildman–Crippen MR) is 226 cm³/mol. The number of benzene rings is 1. The van der Waals surface area contributed by atoms with Gasteiger partial charge in [0, 0.05) is 52.8 Å². The molecule has 6 rings (SSSR count). The lowest BCUT2D eigenvalue weighted by Gasteiger charge is -2.20. The van der Waals surface area contributed by atoms with E-state index >= 15 is 0 Å². The van der Waals surface area contributed by atoms with Crippen molar-refractivity contribution in [3.05, 3.63) is 97.7 Å². The Kier molecular flexibility index (Phi) is 13.3. The van der Waals surface area contributed by atoms with Crippen molar-refractivity contribution in [1.82, 2.24) is 0 Å². The Morgan fingerprint density at radius 2 is 1.22 bits per heavy atom. The SMILES string of the molecule is C=C/C=C(\SC)c1ccc(C2=c3cc4c(cc3N(CCCCCCCC)C2=O)=C(c2ccc(-c3cccs3)s2)C(=O)N4CCCCCCCC)s1. The van der Waals surface area contributed by atoms with Gasteiger partial charge in [0.15, 0.2) is 0 Å². The zero-order chi connectivity index (χ0) is 35.7. The number of thioether (sulfide) groups is 1. The summed E-state index contributed by atoms with van der Waals surface area (Å²) in [5.41, 5.74) is 3.40. The van der Waals surface area contributed by atoms with Crippen LogP contribution in [0.1, 0.15) is 106 Å². The van der Waals surface area contributed by atoms with Gasteiger partial charge in [-0.25, -0.2) is 0 Å². The highest BCUT2D eigenvalue weighted by Crippen LogP contribution is 2.39. The molecule has 2 aliphatic heterocycles. The number of allylic oxidation sites excluding steroid dienone is 2. The van der Waals surface area contributed by atoms with Crippen LogP contribution in [-0.2, 0) is 9.59 Å². The van der Waals surface area contributed by atoms with Crippen LogP contribution in [0.2, 0.25) is 0 Å². The van der Waals surface area contributed by atoms with Gasteiger partial charge < -0.3 is 9.80 Å². The van der Waals surface area contributed by atoms with Gasteiger partial charge in [-0.3, -0.25) is 9.59 Å². The smallest absolute Gasteiger partial charge is 0.260 e. The fraction of sp³-hybridized carbons (Fsp3) is 0.395. The molecule has 2 aliphatic rings. The second-order valence-electron chi connectivity index (χ2n) is 13.4. The van der Waals surface area contributed by atoms with E-state index in [2.05, 4.69) is 80.6 Å². The topological polar surface area (TPSA) is 40.6 Å². The van der Waals surface area contributed by atoms with E-state index in [9.17, 15) is 9.59 Å². The van der Waals surface area contributed by atoms with Crippen LogP contribution in [0.3, 0.4) is 0 Å².